The monoisotopic (exact) mass is 462 g/mol. The van der Waals surface area contributed by atoms with Crippen LogP contribution in [0.1, 0.15) is 51.0 Å². The van der Waals surface area contributed by atoms with E-state index in [1.807, 2.05) is 0 Å². The van der Waals surface area contributed by atoms with Crippen LogP contribution in [0.5, 0.6) is 0 Å². The van der Waals surface area contributed by atoms with Gasteiger partial charge in [0.25, 0.3) is 0 Å². The van der Waals surface area contributed by atoms with Crippen LogP contribution in [0.3, 0.4) is 0 Å². The van der Waals surface area contributed by atoms with E-state index < -0.39 is 26.4 Å². The molecule has 0 spiro atoms. The predicted molar refractivity (Wildman–Crippen MR) is 135 cm³/mol. The Hall–Kier alpha value is -0.509. The first-order chi connectivity index (χ1) is 14.4. The van der Waals surface area contributed by atoms with Crippen LogP contribution in [0.15, 0.2) is 36.0 Å². The normalized spacial score (nSPS) is 22.1. The molecule has 4 rings (SSSR count). The van der Waals surface area contributed by atoms with Gasteiger partial charge >= 0.3 is 0 Å². The second-order valence-corrected chi connectivity index (χ2v) is 18.1. The molecule has 0 atom stereocenters. The van der Waals surface area contributed by atoms with Crippen LogP contribution in [0.2, 0.25) is 31.2 Å². The lowest BCUT2D eigenvalue weighted by Gasteiger charge is -2.27. The molecule has 6 heteroatoms. The summed E-state index contributed by atoms with van der Waals surface area (Å²) in [5.41, 5.74) is 1.40. The van der Waals surface area contributed by atoms with E-state index in [4.69, 9.17) is 13.3 Å². The minimum atomic E-state index is -1.09. The molecule has 3 saturated heterocycles. The summed E-state index contributed by atoms with van der Waals surface area (Å²) in [6.07, 6.45) is 7.89. The summed E-state index contributed by atoms with van der Waals surface area (Å²) in [6, 6.07) is 12.6. The van der Waals surface area contributed by atoms with E-state index >= 15 is 0 Å². The molecule has 2 radical (unpaired) electrons. The van der Waals surface area contributed by atoms with E-state index in [0.717, 1.165) is 19.8 Å². The van der Waals surface area contributed by atoms with Crippen LogP contribution in [0, 0.1) is 6.92 Å². The number of allylic oxidation sites excluding steroid dienone is 1. The molecular weight excluding hydrogens is 421 g/mol. The van der Waals surface area contributed by atoms with Crippen molar-refractivity contribution in [3.05, 3.63) is 41.6 Å². The third kappa shape index (κ3) is 9.75. The Morgan fingerprint density at radius 3 is 2.00 bits per heavy atom. The Balaban J connectivity index is 0.000000167. The van der Waals surface area contributed by atoms with Gasteiger partial charge in [-0.1, -0.05) is 48.7 Å². The van der Waals surface area contributed by atoms with Crippen molar-refractivity contribution >= 4 is 31.6 Å². The molecule has 3 nitrogen and oxygen atoms in total. The first kappa shape index (κ1) is 25.7. The Morgan fingerprint density at radius 1 is 0.900 bits per heavy atom. The SMILES string of the molecule is C=C(C)[Si]1CCCCO1.C[Si]1(C)CCCCO1.Cc1ccccc1[Si]1CCCCO1. The first-order valence-electron chi connectivity index (χ1n) is 11.7. The highest BCUT2D eigenvalue weighted by Crippen LogP contribution is 2.20. The van der Waals surface area contributed by atoms with Crippen LogP contribution in [0.25, 0.3) is 0 Å². The fraction of sp³-hybridized carbons (Fsp3) is 0.667. The molecule has 1 aromatic rings. The fourth-order valence-corrected chi connectivity index (χ4v) is 9.88. The van der Waals surface area contributed by atoms with Crippen molar-refractivity contribution in [1.82, 2.24) is 0 Å². The second-order valence-electron chi connectivity index (χ2n) is 9.12. The third-order valence-corrected chi connectivity index (χ3v) is 13.1. The van der Waals surface area contributed by atoms with E-state index in [1.54, 1.807) is 0 Å². The van der Waals surface area contributed by atoms with Crippen LogP contribution in [-0.4, -0.2) is 46.2 Å². The van der Waals surface area contributed by atoms with E-state index in [2.05, 4.69) is 57.8 Å². The molecule has 0 aromatic heterocycles. The Bertz CT molecular complexity index is 616. The van der Waals surface area contributed by atoms with E-state index in [1.165, 1.54) is 72.6 Å². The van der Waals surface area contributed by atoms with E-state index in [9.17, 15) is 0 Å². The summed E-state index contributed by atoms with van der Waals surface area (Å²) in [4.78, 5) is 0. The lowest BCUT2D eigenvalue weighted by Crippen LogP contribution is -2.37. The molecule has 3 fully saturated rings. The van der Waals surface area contributed by atoms with Crippen LogP contribution in [-0.2, 0) is 13.3 Å². The number of rotatable bonds is 2. The second kappa shape index (κ2) is 13.8. The van der Waals surface area contributed by atoms with Crippen molar-refractivity contribution in [3.8, 4) is 0 Å². The number of aryl methyl sites for hydroxylation is 1. The van der Waals surface area contributed by atoms with E-state index in [0.29, 0.717) is 0 Å². The number of hydrogen-bond donors (Lipinski definition) is 0. The molecule has 0 aliphatic carbocycles. The molecule has 168 valence electrons. The maximum atomic E-state index is 5.85. The predicted octanol–water partition coefficient (Wildman–Crippen LogP) is 5.91. The van der Waals surface area contributed by atoms with Crippen molar-refractivity contribution < 1.29 is 13.3 Å². The molecule has 0 N–H and O–H groups in total. The average Bonchev–Trinajstić information content (AvgIpc) is 2.76. The van der Waals surface area contributed by atoms with Crippen molar-refractivity contribution in [2.45, 2.75) is 83.6 Å². The van der Waals surface area contributed by atoms with Gasteiger partial charge in [-0.3, -0.25) is 0 Å². The van der Waals surface area contributed by atoms with E-state index in [-0.39, 0.29) is 0 Å². The highest BCUT2D eigenvalue weighted by molar-refractivity contribution is 6.71. The lowest BCUT2D eigenvalue weighted by atomic mass is 10.2. The van der Waals surface area contributed by atoms with Gasteiger partial charge in [0.2, 0.25) is 18.1 Å². The van der Waals surface area contributed by atoms with Gasteiger partial charge in [-0.15, -0.1) is 6.58 Å². The Kier molecular flexibility index (Phi) is 11.8. The molecule has 3 aliphatic rings. The summed E-state index contributed by atoms with van der Waals surface area (Å²) in [7, 11) is -2.31. The van der Waals surface area contributed by atoms with Gasteiger partial charge in [0, 0.05) is 19.8 Å². The van der Waals surface area contributed by atoms with Gasteiger partial charge in [0.15, 0.2) is 8.32 Å². The Labute approximate surface area is 189 Å². The first-order valence-corrected chi connectivity index (χ1v) is 18.1. The minimum Gasteiger partial charge on any atom is -0.417 e. The molecule has 0 saturated carbocycles. The van der Waals surface area contributed by atoms with Gasteiger partial charge < -0.3 is 13.3 Å². The highest BCUT2D eigenvalue weighted by atomic mass is 28.4. The topological polar surface area (TPSA) is 27.7 Å². The van der Waals surface area contributed by atoms with Crippen molar-refractivity contribution in [3.63, 3.8) is 0 Å². The van der Waals surface area contributed by atoms with Crippen LogP contribution < -0.4 is 5.19 Å². The van der Waals surface area contributed by atoms with Crippen LogP contribution >= 0.6 is 0 Å². The average molecular weight is 463 g/mol. The summed E-state index contributed by atoms with van der Waals surface area (Å²) in [5, 5.41) is 2.76. The lowest BCUT2D eigenvalue weighted by molar-refractivity contribution is 0.275. The maximum absolute atomic E-state index is 5.85. The molecule has 1 aromatic carbocycles. The molecule has 0 unspecified atom stereocenters. The minimum absolute atomic E-state index is 0.560. The molecule has 30 heavy (non-hydrogen) atoms. The largest absolute Gasteiger partial charge is 0.417 e. The molecule has 3 heterocycles. The Morgan fingerprint density at radius 2 is 1.57 bits per heavy atom. The zero-order valence-corrected chi connectivity index (χ0v) is 22.7. The smallest absolute Gasteiger partial charge is 0.246 e. The van der Waals surface area contributed by atoms with Crippen molar-refractivity contribution in [2.24, 2.45) is 0 Å². The van der Waals surface area contributed by atoms with Gasteiger partial charge in [-0.2, -0.15) is 0 Å². The number of benzene rings is 1. The molecule has 3 aliphatic heterocycles. The van der Waals surface area contributed by atoms with Crippen LogP contribution in [0.4, 0.5) is 0 Å². The zero-order chi connectivity index (χ0) is 21.8. The van der Waals surface area contributed by atoms with Crippen molar-refractivity contribution in [1.29, 1.82) is 0 Å². The maximum Gasteiger partial charge on any atom is 0.246 e. The third-order valence-electron chi connectivity index (χ3n) is 5.74. The fourth-order valence-electron chi connectivity index (χ4n) is 3.82. The van der Waals surface area contributed by atoms with Gasteiger partial charge in [0.05, 0.1) is 0 Å². The molecular formula is C24H42O3Si3. The zero-order valence-electron chi connectivity index (χ0n) is 19.7. The standard InChI is InChI=1S/C11H15OSi.C7H13OSi.C6H14OSi/c1-10-6-2-3-7-11(10)13-9-5-4-8-12-13;1-7(2)9-6-4-3-5-8-9;1-8(2)6-4-3-5-7-8/h2-3,6-7H,4-5,8-9H2,1H3;1,3-6H2,2H3;3-6H2,1-2H3. The van der Waals surface area contributed by atoms with Gasteiger partial charge in [0.1, 0.15) is 0 Å². The molecule has 0 amide bonds. The summed E-state index contributed by atoms with van der Waals surface area (Å²) in [6.45, 7) is 15.7. The summed E-state index contributed by atoms with van der Waals surface area (Å²) in [5.74, 6) is 0. The van der Waals surface area contributed by atoms with Crippen molar-refractivity contribution in [2.75, 3.05) is 19.8 Å². The highest BCUT2D eigenvalue weighted by Gasteiger charge is 2.24. The quantitative estimate of drug-likeness (QED) is 0.511. The summed E-state index contributed by atoms with van der Waals surface area (Å²) < 4.78 is 17.0. The van der Waals surface area contributed by atoms with Gasteiger partial charge in [-0.05, 0) is 75.1 Å². The molecule has 0 bridgehead atoms. The summed E-state index contributed by atoms with van der Waals surface area (Å²) >= 11 is 0. The number of hydrogen-bond acceptors (Lipinski definition) is 3. The van der Waals surface area contributed by atoms with Gasteiger partial charge in [-0.25, -0.2) is 0 Å².